The summed E-state index contributed by atoms with van der Waals surface area (Å²) in [4.78, 5) is 11.2. The molecule has 0 bridgehead atoms. The molecular formula is C10H5F6IO2. The van der Waals surface area contributed by atoms with Crippen LogP contribution in [0.25, 0.3) is 0 Å². The highest BCUT2D eigenvalue weighted by Gasteiger charge is 2.40. The van der Waals surface area contributed by atoms with E-state index in [-0.39, 0.29) is 6.07 Å². The first-order valence-corrected chi connectivity index (χ1v) is 5.62. The highest BCUT2D eigenvalue weighted by molar-refractivity contribution is 14.1. The summed E-state index contributed by atoms with van der Waals surface area (Å²) in [6.07, 6.45) is -9.99. The van der Waals surface area contributed by atoms with E-state index < -0.39 is 38.6 Å². The zero-order valence-corrected chi connectivity index (χ0v) is 11.3. The standard InChI is InChI=1S/C10H5F6IO2/c1-19-8(18)5-2-4(9(11,12)13)3-6(7(5)17)10(14,15)16/h2-3H,1H3. The molecule has 1 aromatic carbocycles. The monoisotopic (exact) mass is 398 g/mol. The number of carbonyl (C=O) groups excluding carboxylic acids is 1. The van der Waals surface area contributed by atoms with Crippen LogP contribution in [-0.2, 0) is 17.1 Å². The van der Waals surface area contributed by atoms with E-state index in [9.17, 15) is 31.1 Å². The molecule has 0 aromatic heterocycles. The molecule has 0 amide bonds. The van der Waals surface area contributed by atoms with Crippen LogP contribution in [0.3, 0.4) is 0 Å². The molecule has 0 saturated carbocycles. The molecule has 0 unspecified atom stereocenters. The molecule has 0 heterocycles. The molecule has 1 aromatic rings. The van der Waals surface area contributed by atoms with Crippen molar-refractivity contribution in [3.05, 3.63) is 32.4 Å². The minimum absolute atomic E-state index is 0.0335. The van der Waals surface area contributed by atoms with Gasteiger partial charge in [-0.25, -0.2) is 4.79 Å². The number of ether oxygens (including phenoxy) is 1. The fourth-order valence-corrected chi connectivity index (χ4v) is 2.09. The van der Waals surface area contributed by atoms with Gasteiger partial charge in [-0.1, -0.05) is 0 Å². The van der Waals surface area contributed by atoms with Gasteiger partial charge < -0.3 is 4.74 Å². The molecule has 19 heavy (non-hydrogen) atoms. The lowest BCUT2D eigenvalue weighted by molar-refractivity contribution is -0.143. The minimum atomic E-state index is -5.00. The van der Waals surface area contributed by atoms with E-state index >= 15 is 0 Å². The highest BCUT2D eigenvalue weighted by Crippen LogP contribution is 2.39. The van der Waals surface area contributed by atoms with Gasteiger partial charge in [-0.3, -0.25) is 0 Å². The lowest BCUT2D eigenvalue weighted by Crippen LogP contribution is -2.17. The summed E-state index contributed by atoms with van der Waals surface area (Å²) in [6, 6.07) is 0.303. The van der Waals surface area contributed by atoms with Crippen molar-refractivity contribution in [2.45, 2.75) is 12.4 Å². The van der Waals surface area contributed by atoms with Gasteiger partial charge in [0.25, 0.3) is 0 Å². The van der Waals surface area contributed by atoms with Crippen molar-refractivity contribution in [1.82, 2.24) is 0 Å². The Morgan fingerprint density at radius 3 is 2.00 bits per heavy atom. The van der Waals surface area contributed by atoms with Gasteiger partial charge in [-0.2, -0.15) is 26.3 Å². The first-order valence-electron chi connectivity index (χ1n) is 4.54. The molecule has 0 aliphatic rings. The molecule has 0 fully saturated rings. The average molecular weight is 398 g/mol. The Morgan fingerprint density at radius 1 is 1.11 bits per heavy atom. The van der Waals surface area contributed by atoms with E-state index in [1.54, 1.807) is 0 Å². The summed E-state index contributed by atoms with van der Waals surface area (Å²) in [5, 5.41) is 0. The number of alkyl halides is 6. The van der Waals surface area contributed by atoms with Crippen LogP contribution in [0.2, 0.25) is 0 Å². The largest absolute Gasteiger partial charge is 0.465 e. The van der Waals surface area contributed by atoms with Crippen molar-refractivity contribution in [1.29, 1.82) is 0 Å². The van der Waals surface area contributed by atoms with E-state index in [0.717, 1.165) is 29.7 Å². The number of methoxy groups -OCH3 is 1. The molecule has 1 rings (SSSR count). The number of halogens is 7. The van der Waals surface area contributed by atoms with Crippen LogP contribution in [0.15, 0.2) is 12.1 Å². The molecule has 0 N–H and O–H groups in total. The third kappa shape index (κ3) is 3.51. The quantitative estimate of drug-likeness (QED) is 0.405. The summed E-state index contributed by atoms with van der Waals surface area (Å²) in [5.41, 5.74) is -3.85. The lowest BCUT2D eigenvalue weighted by atomic mass is 10.0. The van der Waals surface area contributed by atoms with Gasteiger partial charge in [0.05, 0.1) is 23.8 Å². The second kappa shape index (κ2) is 5.17. The van der Waals surface area contributed by atoms with Crippen LogP contribution in [0.4, 0.5) is 26.3 Å². The van der Waals surface area contributed by atoms with Crippen LogP contribution >= 0.6 is 22.6 Å². The Morgan fingerprint density at radius 2 is 1.63 bits per heavy atom. The summed E-state index contributed by atoms with van der Waals surface area (Å²) in [6.45, 7) is 0. The van der Waals surface area contributed by atoms with Crippen LogP contribution in [-0.4, -0.2) is 13.1 Å². The zero-order chi connectivity index (χ0) is 15.0. The molecule has 106 valence electrons. The third-order valence-electron chi connectivity index (χ3n) is 2.11. The van der Waals surface area contributed by atoms with Gasteiger partial charge in [0.2, 0.25) is 0 Å². The van der Waals surface area contributed by atoms with Crippen molar-refractivity contribution in [2.24, 2.45) is 0 Å². The van der Waals surface area contributed by atoms with Crippen LogP contribution in [0, 0.1) is 3.57 Å². The molecule has 0 aliphatic carbocycles. The number of rotatable bonds is 1. The van der Waals surface area contributed by atoms with Gasteiger partial charge in [-0.15, -0.1) is 0 Å². The molecule has 0 aliphatic heterocycles. The highest BCUT2D eigenvalue weighted by atomic mass is 127. The van der Waals surface area contributed by atoms with Crippen LogP contribution in [0.5, 0.6) is 0 Å². The number of hydrogen-bond donors (Lipinski definition) is 0. The number of esters is 1. The third-order valence-corrected chi connectivity index (χ3v) is 3.27. The average Bonchev–Trinajstić information content (AvgIpc) is 2.25. The molecule has 9 heteroatoms. The molecule has 2 nitrogen and oxygen atoms in total. The minimum Gasteiger partial charge on any atom is -0.465 e. The maximum absolute atomic E-state index is 12.6. The van der Waals surface area contributed by atoms with Crippen molar-refractivity contribution < 1.29 is 35.9 Å². The second-order valence-corrected chi connectivity index (χ2v) is 4.45. The maximum Gasteiger partial charge on any atom is 0.417 e. The fourth-order valence-electron chi connectivity index (χ4n) is 1.25. The lowest BCUT2D eigenvalue weighted by Gasteiger charge is -2.15. The first kappa shape index (κ1) is 16.1. The van der Waals surface area contributed by atoms with Crippen molar-refractivity contribution in [3.63, 3.8) is 0 Å². The topological polar surface area (TPSA) is 26.3 Å². The fraction of sp³-hybridized carbons (Fsp3) is 0.300. The Hall–Kier alpha value is -1.00. The Balaban J connectivity index is 3.62. The van der Waals surface area contributed by atoms with Crippen molar-refractivity contribution >= 4 is 28.6 Å². The Kier molecular flexibility index (Phi) is 4.37. The van der Waals surface area contributed by atoms with E-state index in [2.05, 4.69) is 4.74 Å². The number of hydrogen-bond acceptors (Lipinski definition) is 2. The molecular weight excluding hydrogens is 393 g/mol. The Bertz CT molecular complexity index is 506. The van der Waals surface area contributed by atoms with E-state index in [1.807, 2.05) is 0 Å². The first-order chi connectivity index (χ1) is 8.48. The SMILES string of the molecule is COC(=O)c1cc(C(F)(F)F)cc(C(F)(F)F)c1I. The summed E-state index contributed by atoms with van der Waals surface area (Å²) in [5.74, 6) is -1.26. The predicted molar refractivity (Wildman–Crippen MR) is 60.5 cm³/mol. The molecule has 0 saturated heterocycles. The van der Waals surface area contributed by atoms with E-state index in [0.29, 0.717) is 6.07 Å². The van der Waals surface area contributed by atoms with Crippen molar-refractivity contribution in [3.8, 4) is 0 Å². The predicted octanol–water partition coefficient (Wildman–Crippen LogP) is 4.12. The van der Waals surface area contributed by atoms with E-state index in [1.165, 1.54) is 0 Å². The molecule has 0 atom stereocenters. The van der Waals surface area contributed by atoms with Gasteiger partial charge in [-0.05, 0) is 34.7 Å². The van der Waals surface area contributed by atoms with Gasteiger partial charge in [0.15, 0.2) is 0 Å². The van der Waals surface area contributed by atoms with Gasteiger partial charge in [0, 0.05) is 3.57 Å². The summed E-state index contributed by atoms with van der Waals surface area (Å²) >= 11 is 1.16. The second-order valence-electron chi connectivity index (χ2n) is 3.37. The van der Waals surface area contributed by atoms with Crippen molar-refractivity contribution in [2.75, 3.05) is 7.11 Å². The van der Waals surface area contributed by atoms with E-state index in [4.69, 9.17) is 0 Å². The number of benzene rings is 1. The van der Waals surface area contributed by atoms with Crippen LogP contribution in [0.1, 0.15) is 21.5 Å². The zero-order valence-electron chi connectivity index (χ0n) is 9.12. The van der Waals surface area contributed by atoms with Crippen LogP contribution < -0.4 is 0 Å². The smallest absolute Gasteiger partial charge is 0.417 e. The van der Waals surface area contributed by atoms with Gasteiger partial charge in [0.1, 0.15) is 0 Å². The molecule has 0 spiro atoms. The normalized spacial score (nSPS) is 12.4. The summed E-state index contributed by atoms with van der Waals surface area (Å²) in [7, 11) is 0.867. The Labute approximate surface area is 116 Å². The summed E-state index contributed by atoms with van der Waals surface area (Å²) < 4.78 is 79.0. The number of carbonyl (C=O) groups is 1. The van der Waals surface area contributed by atoms with Gasteiger partial charge >= 0.3 is 18.3 Å². The maximum atomic E-state index is 12.6. The molecule has 0 radical (unpaired) electrons.